The first kappa shape index (κ1) is 15.5. The van der Waals surface area contributed by atoms with Crippen molar-refractivity contribution < 1.29 is 14.3 Å². The predicted octanol–water partition coefficient (Wildman–Crippen LogP) is 3.99. The molecule has 0 bridgehead atoms. The topological polar surface area (TPSA) is 35.5 Å². The number of para-hydroxylation sites is 1. The van der Waals surface area contributed by atoms with Crippen molar-refractivity contribution in [1.29, 1.82) is 0 Å². The molecule has 0 saturated heterocycles. The summed E-state index contributed by atoms with van der Waals surface area (Å²) < 4.78 is 11.0. The van der Waals surface area contributed by atoms with Gasteiger partial charge in [0.1, 0.15) is 11.3 Å². The van der Waals surface area contributed by atoms with Crippen LogP contribution in [0.5, 0.6) is 5.75 Å². The molecule has 3 heteroatoms. The number of esters is 1. The molecule has 1 rings (SSSR count). The van der Waals surface area contributed by atoms with E-state index < -0.39 is 0 Å². The second-order valence-electron chi connectivity index (χ2n) is 5.15. The molecule has 1 aromatic rings. The summed E-state index contributed by atoms with van der Waals surface area (Å²) >= 11 is 0. The van der Waals surface area contributed by atoms with Crippen molar-refractivity contribution >= 4 is 5.97 Å². The minimum Gasteiger partial charge on any atom is -0.492 e. The number of ether oxygens (including phenoxy) is 2. The number of rotatable bonds is 7. The zero-order valence-corrected chi connectivity index (χ0v) is 12.4. The fourth-order valence-corrected chi connectivity index (χ4v) is 1.64. The van der Waals surface area contributed by atoms with Gasteiger partial charge in [-0.2, -0.15) is 0 Å². The number of benzene rings is 1. The maximum Gasteiger partial charge on any atom is 0.341 e. The molecule has 0 fully saturated rings. The average Bonchev–Trinajstić information content (AvgIpc) is 2.38. The molecule has 0 aliphatic heterocycles. The summed E-state index contributed by atoms with van der Waals surface area (Å²) in [6, 6.07) is 5.56. The summed E-state index contributed by atoms with van der Waals surface area (Å²) in [5.41, 5.74) is 1.49. The molecule has 0 aliphatic carbocycles. The Bertz CT molecular complexity index is 410. The fraction of sp³-hybridized carbons (Fsp3) is 0.562. The first-order valence-electron chi connectivity index (χ1n) is 6.95. The molecule has 3 nitrogen and oxygen atoms in total. The van der Waals surface area contributed by atoms with E-state index in [9.17, 15) is 4.79 Å². The number of aryl methyl sites for hydroxylation is 1. The molecule has 0 atom stereocenters. The van der Waals surface area contributed by atoms with Crippen molar-refractivity contribution in [3.63, 3.8) is 0 Å². The van der Waals surface area contributed by atoms with Gasteiger partial charge in [-0.25, -0.2) is 4.79 Å². The van der Waals surface area contributed by atoms with Crippen LogP contribution in [0, 0.1) is 12.8 Å². The van der Waals surface area contributed by atoms with Crippen LogP contribution in [-0.4, -0.2) is 19.2 Å². The number of carbonyl (C=O) groups is 1. The Balaban J connectivity index is 2.80. The van der Waals surface area contributed by atoms with Gasteiger partial charge in [0, 0.05) is 0 Å². The van der Waals surface area contributed by atoms with Gasteiger partial charge >= 0.3 is 5.97 Å². The van der Waals surface area contributed by atoms with E-state index in [1.54, 1.807) is 6.07 Å². The highest BCUT2D eigenvalue weighted by molar-refractivity contribution is 5.93. The van der Waals surface area contributed by atoms with Crippen LogP contribution in [0.15, 0.2) is 18.2 Å². The molecule has 1 aromatic carbocycles. The molecule has 0 spiro atoms. The minimum atomic E-state index is -0.302. The number of hydrogen-bond acceptors (Lipinski definition) is 3. The van der Waals surface area contributed by atoms with E-state index >= 15 is 0 Å². The largest absolute Gasteiger partial charge is 0.492 e. The lowest BCUT2D eigenvalue weighted by molar-refractivity contribution is 0.0454. The summed E-state index contributed by atoms with van der Waals surface area (Å²) in [7, 11) is 0. The Morgan fingerprint density at radius 3 is 2.68 bits per heavy atom. The van der Waals surface area contributed by atoms with Crippen LogP contribution in [0.4, 0.5) is 0 Å². The molecule has 0 heterocycles. The number of carbonyl (C=O) groups excluding carboxylic acids is 1. The lowest BCUT2D eigenvalue weighted by Gasteiger charge is -2.14. The maximum atomic E-state index is 12.1. The lowest BCUT2D eigenvalue weighted by atomic mass is 10.1. The van der Waals surface area contributed by atoms with Gasteiger partial charge in [-0.05, 0) is 30.9 Å². The number of hydrogen-bond donors (Lipinski definition) is 0. The average molecular weight is 264 g/mol. The summed E-state index contributed by atoms with van der Waals surface area (Å²) in [5, 5.41) is 0. The summed E-state index contributed by atoms with van der Waals surface area (Å²) in [5.74, 6) is 0.687. The molecule has 0 radical (unpaired) electrons. The van der Waals surface area contributed by atoms with Crippen molar-refractivity contribution in [2.75, 3.05) is 13.2 Å². The van der Waals surface area contributed by atoms with Gasteiger partial charge in [-0.1, -0.05) is 39.3 Å². The first-order chi connectivity index (χ1) is 9.06. The summed E-state index contributed by atoms with van der Waals surface area (Å²) in [4.78, 5) is 12.1. The van der Waals surface area contributed by atoms with Gasteiger partial charge < -0.3 is 9.47 Å². The van der Waals surface area contributed by atoms with Crippen LogP contribution < -0.4 is 4.74 Å². The van der Waals surface area contributed by atoms with Crippen molar-refractivity contribution in [3.8, 4) is 5.75 Å². The zero-order chi connectivity index (χ0) is 14.3. The van der Waals surface area contributed by atoms with Gasteiger partial charge in [0.25, 0.3) is 0 Å². The highest BCUT2D eigenvalue weighted by Crippen LogP contribution is 2.24. The third-order valence-electron chi connectivity index (χ3n) is 2.72. The summed E-state index contributed by atoms with van der Waals surface area (Å²) in [6.45, 7) is 9.15. The SMILES string of the molecule is CCCCOc1c(C)cccc1C(=O)OCC(C)C. The highest BCUT2D eigenvalue weighted by atomic mass is 16.5. The smallest absolute Gasteiger partial charge is 0.341 e. The van der Waals surface area contributed by atoms with E-state index in [1.807, 2.05) is 32.9 Å². The minimum absolute atomic E-state index is 0.302. The van der Waals surface area contributed by atoms with Crippen LogP contribution in [0.25, 0.3) is 0 Å². The molecule has 0 unspecified atom stereocenters. The van der Waals surface area contributed by atoms with E-state index in [0.717, 1.165) is 18.4 Å². The van der Waals surface area contributed by atoms with Crippen LogP contribution in [0.2, 0.25) is 0 Å². The quantitative estimate of drug-likeness (QED) is 0.552. The van der Waals surface area contributed by atoms with E-state index in [4.69, 9.17) is 9.47 Å². The van der Waals surface area contributed by atoms with Crippen LogP contribution in [0.3, 0.4) is 0 Å². The monoisotopic (exact) mass is 264 g/mol. The lowest BCUT2D eigenvalue weighted by Crippen LogP contribution is -2.12. The van der Waals surface area contributed by atoms with Crippen LogP contribution in [0.1, 0.15) is 49.5 Å². The van der Waals surface area contributed by atoms with Crippen LogP contribution in [-0.2, 0) is 4.74 Å². The Labute approximate surface area is 115 Å². The van der Waals surface area contributed by atoms with E-state index in [1.165, 1.54) is 0 Å². The standard InChI is InChI=1S/C16H24O3/c1-5-6-10-18-15-13(4)8-7-9-14(15)16(17)19-11-12(2)3/h7-9,12H,5-6,10-11H2,1-4H3. The van der Waals surface area contributed by atoms with Gasteiger partial charge in [0.05, 0.1) is 13.2 Å². The van der Waals surface area contributed by atoms with E-state index in [2.05, 4.69) is 6.92 Å². The van der Waals surface area contributed by atoms with Crippen molar-refractivity contribution in [3.05, 3.63) is 29.3 Å². The van der Waals surface area contributed by atoms with Crippen molar-refractivity contribution in [2.45, 2.75) is 40.5 Å². The Morgan fingerprint density at radius 2 is 2.05 bits per heavy atom. The van der Waals surface area contributed by atoms with Crippen LogP contribution >= 0.6 is 0 Å². The van der Waals surface area contributed by atoms with E-state index in [-0.39, 0.29) is 5.97 Å². The van der Waals surface area contributed by atoms with Crippen molar-refractivity contribution in [2.24, 2.45) is 5.92 Å². The molecule has 19 heavy (non-hydrogen) atoms. The maximum absolute atomic E-state index is 12.1. The predicted molar refractivity (Wildman–Crippen MR) is 76.7 cm³/mol. The van der Waals surface area contributed by atoms with E-state index in [0.29, 0.717) is 30.4 Å². The summed E-state index contributed by atoms with van der Waals surface area (Å²) in [6.07, 6.45) is 2.05. The fourth-order valence-electron chi connectivity index (χ4n) is 1.64. The molecular weight excluding hydrogens is 240 g/mol. The second kappa shape index (κ2) is 7.82. The molecule has 0 N–H and O–H groups in total. The molecule has 0 amide bonds. The van der Waals surface area contributed by atoms with Gasteiger partial charge in [0.2, 0.25) is 0 Å². The highest BCUT2D eigenvalue weighted by Gasteiger charge is 2.16. The zero-order valence-electron chi connectivity index (χ0n) is 12.4. The molecule has 0 aromatic heterocycles. The van der Waals surface area contributed by atoms with Gasteiger partial charge in [-0.15, -0.1) is 0 Å². The second-order valence-corrected chi connectivity index (χ2v) is 5.15. The van der Waals surface area contributed by atoms with Crippen molar-refractivity contribution in [1.82, 2.24) is 0 Å². The molecule has 0 saturated carbocycles. The Hall–Kier alpha value is -1.51. The molecule has 0 aliphatic rings. The van der Waals surface area contributed by atoms with Gasteiger partial charge in [-0.3, -0.25) is 0 Å². The third kappa shape index (κ3) is 4.93. The molecular formula is C16H24O3. The first-order valence-corrected chi connectivity index (χ1v) is 6.95. The normalized spacial score (nSPS) is 10.6. The Morgan fingerprint density at radius 1 is 1.32 bits per heavy atom. The molecule has 106 valence electrons. The third-order valence-corrected chi connectivity index (χ3v) is 2.72. The number of unbranched alkanes of at least 4 members (excludes halogenated alkanes) is 1. The van der Waals surface area contributed by atoms with Gasteiger partial charge in [0.15, 0.2) is 0 Å². The Kier molecular flexibility index (Phi) is 6.40.